The average molecular weight is 177 g/mol. The number of aliphatic imine (C=N–C) groups is 1. The molecule has 0 aliphatic carbocycles. The molecule has 68 valence electrons. The van der Waals surface area contributed by atoms with Gasteiger partial charge in [-0.25, -0.2) is 4.99 Å². The first-order valence-corrected chi connectivity index (χ1v) is 4.08. The zero-order valence-corrected chi connectivity index (χ0v) is 7.40. The third-order valence-electron chi connectivity index (χ3n) is 1.55. The highest BCUT2D eigenvalue weighted by molar-refractivity contribution is 5.91. The van der Waals surface area contributed by atoms with Gasteiger partial charge in [0.25, 0.3) is 0 Å². The standard InChI is InChI=1S/C10H11NO2/c1-2-10(13)11-7-8-3-5-9(12)6-4-8/h3-7,12H,2H2,1H3. The van der Waals surface area contributed by atoms with Crippen LogP contribution < -0.4 is 0 Å². The number of phenols is 1. The van der Waals surface area contributed by atoms with E-state index in [1.807, 2.05) is 0 Å². The van der Waals surface area contributed by atoms with Crippen LogP contribution in [0, 0.1) is 0 Å². The molecule has 0 saturated carbocycles. The zero-order chi connectivity index (χ0) is 9.68. The molecule has 0 radical (unpaired) electrons. The summed E-state index contributed by atoms with van der Waals surface area (Å²) in [5.41, 5.74) is 0.805. The van der Waals surface area contributed by atoms with Crippen molar-refractivity contribution in [2.45, 2.75) is 13.3 Å². The SMILES string of the molecule is CCC(=O)N=Cc1ccc(O)cc1. The first-order valence-electron chi connectivity index (χ1n) is 4.08. The average Bonchev–Trinajstić information content (AvgIpc) is 2.16. The van der Waals surface area contributed by atoms with E-state index in [0.29, 0.717) is 6.42 Å². The van der Waals surface area contributed by atoms with E-state index >= 15 is 0 Å². The largest absolute Gasteiger partial charge is 0.508 e. The fourth-order valence-corrected chi connectivity index (χ4v) is 0.798. The Morgan fingerprint density at radius 3 is 2.62 bits per heavy atom. The van der Waals surface area contributed by atoms with Crippen LogP contribution in [0.2, 0.25) is 0 Å². The molecule has 0 spiro atoms. The monoisotopic (exact) mass is 177 g/mol. The first-order chi connectivity index (χ1) is 6.22. The maximum Gasteiger partial charge on any atom is 0.245 e. The normalized spacial score (nSPS) is 10.5. The van der Waals surface area contributed by atoms with Gasteiger partial charge < -0.3 is 5.11 Å². The van der Waals surface area contributed by atoms with E-state index in [4.69, 9.17) is 5.11 Å². The number of hydrogen-bond donors (Lipinski definition) is 1. The second-order valence-electron chi connectivity index (χ2n) is 2.60. The number of amides is 1. The smallest absolute Gasteiger partial charge is 0.245 e. The summed E-state index contributed by atoms with van der Waals surface area (Å²) in [4.78, 5) is 14.5. The lowest BCUT2D eigenvalue weighted by molar-refractivity contribution is -0.117. The molecule has 0 atom stereocenters. The van der Waals surface area contributed by atoms with Gasteiger partial charge >= 0.3 is 0 Å². The number of rotatable bonds is 2. The number of carbonyl (C=O) groups is 1. The van der Waals surface area contributed by atoms with Crippen LogP contribution in [-0.4, -0.2) is 17.2 Å². The Morgan fingerprint density at radius 1 is 1.46 bits per heavy atom. The molecular weight excluding hydrogens is 166 g/mol. The van der Waals surface area contributed by atoms with Crippen molar-refractivity contribution in [2.75, 3.05) is 0 Å². The fraction of sp³-hybridized carbons (Fsp3) is 0.200. The van der Waals surface area contributed by atoms with E-state index in [1.54, 1.807) is 31.2 Å². The molecule has 0 bridgehead atoms. The molecule has 1 rings (SSSR count). The van der Waals surface area contributed by atoms with Crippen molar-refractivity contribution in [2.24, 2.45) is 4.99 Å². The van der Waals surface area contributed by atoms with Gasteiger partial charge in [0.05, 0.1) is 0 Å². The van der Waals surface area contributed by atoms with Crippen molar-refractivity contribution in [3.63, 3.8) is 0 Å². The number of carbonyl (C=O) groups excluding carboxylic acids is 1. The molecule has 3 nitrogen and oxygen atoms in total. The quantitative estimate of drug-likeness (QED) is 0.699. The topological polar surface area (TPSA) is 49.7 Å². The minimum absolute atomic E-state index is 0.145. The van der Waals surface area contributed by atoms with Gasteiger partial charge in [-0.3, -0.25) is 4.79 Å². The van der Waals surface area contributed by atoms with E-state index < -0.39 is 0 Å². The molecule has 0 aliphatic rings. The van der Waals surface area contributed by atoms with Crippen LogP contribution >= 0.6 is 0 Å². The summed E-state index contributed by atoms with van der Waals surface area (Å²) in [6.45, 7) is 1.76. The summed E-state index contributed by atoms with van der Waals surface area (Å²) in [6.07, 6.45) is 1.90. The first kappa shape index (κ1) is 9.45. The molecule has 1 aromatic rings. The molecule has 0 aromatic heterocycles. The van der Waals surface area contributed by atoms with Gasteiger partial charge in [-0.15, -0.1) is 0 Å². The molecule has 1 aromatic carbocycles. The maximum atomic E-state index is 10.8. The lowest BCUT2D eigenvalue weighted by Crippen LogP contribution is -1.90. The maximum absolute atomic E-state index is 10.8. The molecule has 1 N–H and O–H groups in total. The Kier molecular flexibility index (Phi) is 3.20. The third-order valence-corrected chi connectivity index (χ3v) is 1.55. The zero-order valence-electron chi connectivity index (χ0n) is 7.40. The molecule has 0 saturated heterocycles. The van der Waals surface area contributed by atoms with Crippen LogP contribution in [0.25, 0.3) is 0 Å². The van der Waals surface area contributed by atoms with E-state index in [2.05, 4.69) is 4.99 Å². The van der Waals surface area contributed by atoms with E-state index in [-0.39, 0.29) is 11.7 Å². The molecule has 0 unspecified atom stereocenters. The third kappa shape index (κ3) is 3.07. The molecule has 0 fully saturated rings. The lowest BCUT2D eigenvalue weighted by atomic mass is 10.2. The molecular formula is C10H11NO2. The number of aromatic hydroxyl groups is 1. The van der Waals surface area contributed by atoms with Crippen molar-refractivity contribution in [1.82, 2.24) is 0 Å². The Morgan fingerprint density at radius 2 is 2.08 bits per heavy atom. The Labute approximate surface area is 76.7 Å². The van der Waals surface area contributed by atoms with Crippen LogP contribution in [0.5, 0.6) is 5.75 Å². The summed E-state index contributed by atoms with van der Waals surface area (Å²) in [6, 6.07) is 6.50. The molecule has 0 heterocycles. The summed E-state index contributed by atoms with van der Waals surface area (Å²) < 4.78 is 0. The van der Waals surface area contributed by atoms with E-state index in [0.717, 1.165) is 5.56 Å². The summed E-state index contributed by atoms with van der Waals surface area (Å²) in [5.74, 6) is 0.0621. The van der Waals surface area contributed by atoms with Crippen LogP contribution in [0.3, 0.4) is 0 Å². The highest BCUT2D eigenvalue weighted by Gasteiger charge is 1.92. The van der Waals surface area contributed by atoms with E-state index in [1.165, 1.54) is 6.21 Å². The Bertz CT molecular complexity index is 314. The second-order valence-corrected chi connectivity index (χ2v) is 2.60. The predicted molar refractivity (Wildman–Crippen MR) is 51.0 cm³/mol. The van der Waals surface area contributed by atoms with Gasteiger partial charge in [-0.05, 0) is 29.8 Å². The van der Waals surface area contributed by atoms with Gasteiger partial charge in [0, 0.05) is 12.6 Å². The molecule has 3 heteroatoms. The van der Waals surface area contributed by atoms with Gasteiger partial charge in [0.1, 0.15) is 5.75 Å². The fourth-order valence-electron chi connectivity index (χ4n) is 0.798. The van der Waals surface area contributed by atoms with Crippen LogP contribution in [0.4, 0.5) is 0 Å². The molecule has 0 aliphatic heterocycles. The Hall–Kier alpha value is -1.64. The van der Waals surface area contributed by atoms with Crippen molar-refractivity contribution in [3.05, 3.63) is 29.8 Å². The number of benzene rings is 1. The minimum atomic E-state index is -0.145. The van der Waals surface area contributed by atoms with Gasteiger partial charge in [-0.2, -0.15) is 0 Å². The molecule has 13 heavy (non-hydrogen) atoms. The van der Waals surface area contributed by atoms with Crippen LogP contribution in [-0.2, 0) is 4.79 Å². The van der Waals surface area contributed by atoms with Crippen LogP contribution in [0.1, 0.15) is 18.9 Å². The summed E-state index contributed by atoms with van der Waals surface area (Å²) in [5, 5.41) is 8.97. The Balaban J connectivity index is 2.69. The number of nitrogens with zero attached hydrogens (tertiary/aromatic N) is 1. The second kappa shape index (κ2) is 4.40. The number of hydrogen-bond acceptors (Lipinski definition) is 2. The molecule has 1 amide bonds. The van der Waals surface area contributed by atoms with Crippen molar-refractivity contribution in [3.8, 4) is 5.75 Å². The van der Waals surface area contributed by atoms with Gasteiger partial charge in [0.2, 0.25) is 5.91 Å². The van der Waals surface area contributed by atoms with E-state index in [9.17, 15) is 4.79 Å². The van der Waals surface area contributed by atoms with Crippen molar-refractivity contribution in [1.29, 1.82) is 0 Å². The number of phenolic OH excluding ortho intramolecular Hbond substituents is 1. The minimum Gasteiger partial charge on any atom is -0.508 e. The summed E-state index contributed by atoms with van der Waals surface area (Å²) >= 11 is 0. The summed E-state index contributed by atoms with van der Waals surface area (Å²) in [7, 11) is 0. The van der Waals surface area contributed by atoms with Crippen molar-refractivity contribution < 1.29 is 9.90 Å². The van der Waals surface area contributed by atoms with Crippen LogP contribution in [0.15, 0.2) is 29.3 Å². The highest BCUT2D eigenvalue weighted by Crippen LogP contribution is 2.07. The lowest BCUT2D eigenvalue weighted by Gasteiger charge is -1.92. The van der Waals surface area contributed by atoms with Crippen molar-refractivity contribution >= 4 is 12.1 Å². The highest BCUT2D eigenvalue weighted by atomic mass is 16.3. The van der Waals surface area contributed by atoms with Gasteiger partial charge in [-0.1, -0.05) is 6.92 Å². The predicted octanol–water partition coefficient (Wildman–Crippen LogP) is 1.75. The van der Waals surface area contributed by atoms with Gasteiger partial charge in [0.15, 0.2) is 0 Å².